The minimum atomic E-state index is -0.117. The Kier molecular flexibility index (Phi) is 2.08. The zero-order valence-electron chi connectivity index (χ0n) is 7.45. The van der Waals surface area contributed by atoms with Crippen LogP contribution in [0.2, 0.25) is 0 Å². The number of carbonyl (C=O) groups excluding carboxylic acids is 2. The summed E-state index contributed by atoms with van der Waals surface area (Å²) in [4.78, 5) is 25.9. The van der Waals surface area contributed by atoms with Crippen LogP contribution in [-0.4, -0.2) is 54.5 Å². The molecule has 0 unspecified atom stereocenters. The van der Waals surface area contributed by atoms with Crippen LogP contribution in [0.5, 0.6) is 0 Å². The Bertz CT molecular complexity index is 238. The van der Waals surface area contributed by atoms with Crippen molar-refractivity contribution in [3.05, 3.63) is 0 Å². The molecule has 72 valence electrons. The number of carbonyl (C=O) groups is 2. The number of nitrogens with zero attached hydrogens (tertiary/aromatic N) is 2. The molecule has 0 atom stereocenters. The van der Waals surface area contributed by atoms with Gasteiger partial charge in [-0.3, -0.25) is 4.79 Å². The number of rotatable bonds is 2. The van der Waals surface area contributed by atoms with Crippen molar-refractivity contribution in [1.29, 1.82) is 0 Å². The van der Waals surface area contributed by atoms with E-state index in [0.717, 1.165) is 19.5 Å². The molecule has 2 heterocycles. The van der Waals surface area contributed by atoms with E-state index in [2.05, 4.69) is 5.32 Å². The van der Waals surface area contributed by atoms with Crippen molar-refractivity contribution in [2.45, 2.75) is 6.42 Å². The molecule has 2 saturated heterocycles. The highest BCUT2D eigenvalue weighted by Crippen LogP contribution is 2.07. The van der Waals surface area contributed by atoms with E-state index in [9.17, 15) is 9.59 Å². The standard InChI is InChI=1S/C8H13N3O2/c12-7(10-3-1-4-10)6-11-5-2-9-8(11)13/h1-6H2,(H,9,13). The average Bonchev–Trinajstić information content (AvgIpc) is 2.32. The van der Waals surface area contributed by atoms with Crippen LogP contribution >= 0.6 is 0 Å². The van der Waals surface area contributed by atoms with E-state index in [1.807, 2.05) is 0 Å². The molecule has 0 aromatic carbocycles. The Labute approximate surface area is 76.7 Å². The van der Waals surface area contributed by atoms with Crippen molar-refractivity contribution in [2.75, 3.05) is 32.7 Å². The predicted molar refractivity (Wildman–Crippen MR) is 46.2 cm³/mol. The molecule has 3 amide bonds. The lowest BCUT2D eigenvalue weighted by Gasteiger charge is -2.32. The Morgan fingerprint density at radius 3 is 2.62 bits per heavy atom. The Morgan fingerprint density at radius 2 is 2.15 bits per heavy atom. The van der Waals surface area contributed by atoms with E-state index >= 15 is 0 Å². The second-order valence-corrected chi connectivity index (χ2v) is 3.39. The zero-order valence-corrected chi connectivity index (χ0v) is 7.45. The monoisotopic (exact) mass is 183 g/mol. The fourth-order valence-corrected chi connectivity index (χ4v) is 1.49. The van der Waals surface area contributed by atoms with E-state index in [-0.39, 0.29) is 18.5 Å². The van der Waals surface area contributed by atoms with Gasteiger partial charge in [-0.25, -0.2) is 4.79 Å². The van der Waals surface area contributed by atoms with Gasteiger partial charge in [0, 0.05) is 26.2 Å². The molecular formula is C8H13N3O2. The summed E-state index contributed by atoms with van der Waals surface area (Å²) in [6.07, 6.45) is 1.10. The van der Waals surface area contributed by atoms with Crippen molar-refractivity contribution >= 4 is 11.9 Å². The lowest BCUT2D eigenvalue weighted by molar-refractivity contribution is -0.135. The van der Waals surface area contributed by atoms with Gasteiger partial charge in [0.05, 0.1) is 0 Å². The molecule has 0 bridgehead atoms. The van der Waals surface area contributed by atoms with Crippen LogP contribution in [0.15, 0.2) is 0 Å². The first-order valence-corrected chi connectivity index (χ1v) is 4.58. The van der Waals surface area contributed by atoms with Gasteiger partial charge < -0.3 is 15.1 Å². The van der Waals surface area contributed by atoms with Crippen molar-refractivity contribution in [3.8, 4) is 0 Å². The molecule has 0 radical (unpaired) electrons. The summed E-state index contributed by atoms with van der Waals surface area (Å²) in [6.45, 7) is 3.26. The van der Waals surface area contributed by atoms with Crippen LogP contribution in [0, 0.1) is 0 Å². The van der Waals surface area contributed by atoms with Crippen LogP contribution in [0.3, 0.4) is 0 Å². The van der Waals surface area contributed by atoms with Gasteiger partial charge in [0.1, 0.15) is 6.54 Å². The van der Waals surface area contributed by atoms with Crippen LogP contribution in [0.1, 0.15) is 6.42 Å². The van der Waals surface area contributed by atoms with E-state index in [1.165, 1.54) is 0 Å². The Balaban J connectivity index is 1.82. The molecule has 2 fully saturated rings. The maximum absolute atomic E-state index is 11.4. The van der Waals surface area contributed by atoms with Crippen LogP contribution in [-0.2, 0) is 4.79 Å². The maximum Gasteiger partial charge on any atom is 0.317 e. The molecule has 0 aliphatic carbocycles. The molecule has 2 aliphatic rings. The number of urea groups is 1. The number of amides is 3. The molecule has 1 N–H and O–H groups in total. The van der Waals surface area contributed by atoms with E-state index in [4.69, 9.17) is 0 Å². The predicted octanol–water partition coefficient (Wildman–Crippen LogP) is -0.756. The van der Waals surface area contributed by atoms with Crippen LogP contribution in [0.25, 0.3) is 0 Å². The van der Waals surface area contributed by atoms with Gasteiger partial charge in [0.25, 0.3) is 0 Å². The minimum absolute atomic E-state index is 0.0725. The third-order valence-electron chi connectivity index (χ3n) is 2.48. The second-order valence-electron chi connectivity index (χ2n) is 3.39. The maximum atomic E-state index is 11.4. The first-order chi connectivity index (χ1) is 6.27. The molecular weight excluding hydrogens is 170 g/mol. The minimum Gasteiger partial charge on any atom is -0.341 e. The van der Waals surface area contributed by atoms with E-state index in [1.54, 1.807) is 9.80 Å². The number of hydrogen-bond donors (Lipinski definition) is 1. The summed E-state index contributed by atoms with van der Waals surface area (Å²) >= 11 is 0. The van der Waals surface area contributed by atoms with E-state index in [0.29, 0.717) is 13.1 Å². The quantitative estimate of drug-likeness (QED) is 0.612. The lowest BCUT2D eigenvalue weighted by atomic mass is 10.2. The Hall–Kier alpha value is -1.26. The summed E-state index contributed by atoms with van der Waals surface area (Å²) in [5, 5.41) is 2.67. The molecule has 0 saturated carbocycles. The normalized spacial score (nSPS) is 21.4. The number of hydrogen-bond acceptors (Lipinski definition) is 2. The first kappa shape index (κ1) is 8.34. The van der Waals surface area contributed by atoms with Crippen molar-refractivity contribution in [2.24, 2.45) is 0 Å². The first-order valence-electron chi connectivity index (χ1n) is 4.58. The zero-order chi connectivity index (χ0) is 9.26. The molecule has 0 spiro atoms. The van der Waals surface area contributed by atoms with Gasteiger partial charge in [0.15, 0.2) is 0 Å². The lowest BCUT2D eigenvalue weighted by Crippen LogP contribution is -2.47. The van der Waals surface area contributed by atoms with E-state index < -0.39 is 0 Å². The van der Waals surface area contributed by atoms with Crippen LogP contribution < -0.4 is 5.32 Å². The third kappa shape index (κ3) is 1.59. The van der Waals surface area contributed by atoms with Gasteiger partial charge in [-0.1, -0.05) is 0 Å². The van der Waals surface area contributed by atoms with Crippen LogP contribution in [0.4, 0.5) is 4.79 Å². The molecule has 0 aromatic heterocycles. The highest BCUT2D eigenvalue weighted by molar-refractivity contribution is 5.85. The molecule has 5 heteroatoms. The summed E-state index contributed by atoms with van der Waals surface area (Å²) in [6, 6.07) is -0.117. The second kappa shape index (κ2) is 3.24. The summed E-state index contributed by atoms with van der Waals surface area (Å²) in [5.74, 6) is 0.0725. The Morgan fingerprint density at radius 1 is 1.38 bits per heavy atom. The highest BCUT2D eigenvalue weighted by Gasteiger charge is 2.26. The molecule has 2 rings (SSSR count). The van der Waals surface area contributed by atoms with Gasteiger partial charge in [-0.15, -0.1) is 0 Å². The molecule has 2 aliphatic heterocycles. The molecule has 5 nitrogen and oxygen atoms in total. The van der Waals surface area contributed by atoms with Gasteiger partial charge >= 0.3 is 6.03 Å². The smallest absolute Gasteiger partial charge is 0.317 e. The van der Waals surface area contributed by atoms with Crippen molar-refractivity contribution < 1.29 is 9.59 Å². The summed E-state index contributed by atoms with van der Waals surface area (Å²) < 4.78 is 0. The van der Waals surface area contributed by atoms with Gasteiger partial charge in [-0.2, -0.15) is 0 Å². The fourth-order valence-electron chi connectivity index (χ4n) is 1.49. The summed E-state index contributed by atoms with van der Waals surface area (Å²) in [5.41, 5.74) is 0. The fraction of sp³-hybridized carbons (Fsp3) is 0.750. The SMILES string of the molecule is O=C(CN1CCNC1=O)N1CCC1. The van der Waals surface area contributed by atoms with Gasteiger partial charge in [0.2, 0.25) is 5.91 Å². The van der Waals surface area contributed by atoms with Crippen molar-refractivity contribution in [3.63, 3.8) is 0 Å². The largest absolute Gasteiger partial charge is 0.341 e. The molecule has 0 aromatic rings. The third-order valence-corrected chi connectivity index (χ3v) is 2.48. The number of likely N-dealkylation sites (tertiary alicyclic amines) is 1. The molecule has 13 heavy (non-hydrogen) atoms. The van der Waals surface area contributed by atoms with Crippen molar-refractivity contribution in [1.82, 2.24) is 15.1 Å². The highest BCUT2D eigenvalue weighted by atomic mass is 16.2. The topological polar surface area (TPSA) is 52.7 Å². The number of nitrogens with one attached hydrogen (secondary N) is 1. The summed E-state index contributed by atoms with van der Waals surface area (Å²) in [7, 11) is 0. The van der Waals surface area contributed by atoms with Gasteiger partial charge in [-0.05, 0) is 6.42 Å². The average molecular weight is 183 g/mol.